The van der Waals surface area contributed by atoms with Gasteiger partial charge in [-0.15, -0.1) is 0 Å². The number of halogens is 1. The maximum Gasteiger partial charge on any atom is 0.251 e. The molecule has 1 aromatic heterocycles. The molecule has 7 nitrogen and oxygen atoms in total. The molecule has 2 heterocycles. The minimum absolute atomic E-state index is 0.100. The van der Waals surface area contributed by atoms with Gasteiger partial charge in [-0.1, -0.05) is 0 Å². The highest BCUT2D eigenvalue weighted by Crippen LogP contribution is 2.18. The number of ether oxygens (including phenoxy) is 2. The summed E-state index contributed by atoms with van der Waals surface area (Å²) in [5.41, 5.74) is 1.74. The number of methoxy groups -OCH3 is 1. The molecule has 1 aliphatic heterocycles. The van der Waals surface area contributed by atoms with Crippen LogP contribution in [0.4, 0.5) is 10.3 Å². The Bertz CT molecular complexity index is 794. The minimum Gasteiger partial charge on any atom is -0.494 e. The molecule has 0 aliphatic carbocycles. The third-order valence-corrected chi connectivity index (χ3v) is 4.03. The Hall–Kier alpha value is -2.74. The third-order valence-electron chi connectivity index (χ3n) is 4.03. The predicted octanol–water partition coefficient (Wildman–Crippen LogP) is 1.70. The second-order valence-electron chi connectivity index (χ2n) is 5.93. The number of hydrogen-bond donors (Lipinski definition) is 1. The Morgan fingerprint density at radius 2 is 2.08 bits per heavy atom. The number of carbonyl (C=O) groups excluding carboxylic acids is 1. The topological polar surface area (TPSA) is 76.6 Å². The Morgan fingerprint density at radius 1 is 1.31 bits per heavy atom. The van der Waals surface area contributed by atoms with E-state index in [0.717, 1.165) is 24.8 Å². The Balaban J connectivity index is 1.68. The number of benzene rings is 1. The van der Waals surface area contributed by atoms with Crippen molar-refractivity contribution in [2.45, 2.75) is 13.5 Å². The Labute approximate surface area is 151 Å². The highest BCUT2D eigenvalue weighted by atomic mass is 19.1. The van der Waals surface area contributed by atoms with E-state index in [0.29, 0.717) is 24.9 Å². The van der Waals surface area contributed by atoms with Gasteiger partial charge in [0.2, 0.25) is 5.95 Å². The quantitative estimate of drug-likeness (QED) is 0.875. The van der Waals surface area contributed by atoms with Crippen molar-refractivity contribution in [1.82, 2.24) is 15.3 Å². The largest absolute Gasteiger partial charge is 0.494 e. The van der Waals surface area contributed by atoms with Crippen LogP contribution in [0.25, 0.3) is 0 Å². The van der Waals surface area contributed by atoms with Crippen LogP contribution >= 0.6 is 0 Å². The molecule has 0 bridgehead atoms. The number of rotatable bonds is 5. The fourth-order valence-electron chi connectivity index (χ4n) is 2.69. The molecular formula is C18H21FN4O3. The average molecular weight is 360 g/mol. The van der Waals surface area contributed by atoms with Crippen LogP contribution < -0.4 is 15.0 Å². The molecule has 1 saturated heterocycles. The number of morpholine rings is 1. The molecule has 0 spiro atoms. The van der Waals surface area contributed by atoms with Crippen LogP contribution in [0.2, 0.25) is 0 Å². The fraction of sp³-hybridized carbons (Fsp3) is 0.389. The molecule has 1 amide bonds. The van der Waals surface area contributed by atoms with E-state index in [1.807, 2.05) is 13.0 Å². The summed E-state index contributed by atoms with van der Waals surface area (Å²) >= 11 is 0. The van der Waals surface area contributed by atoms with Gasteiger partial charge in [0.05, 0.1) is 32.6 Å². The number of nitrogens with zero attached hydrogens (tertiary/aromatic N) is 3. The summed E-state index contributed by atoms with van der Waals surface area (Å²) in [6.45, 7) is 4.88. The first-order valence-electron chi connectivity index (χ1n) is 8.36. The lowest BCUT2D eigenvalue weighted by atomic mass is 10.2. The number of carbonyl (C=O) groups is 1. The number of hydrogen-bond acceptors (Lipinski definition) is 6. The second kappa shape index (κ2) is 8.09. The van der Waals surface area contributed by atoms with Crippen LogP contribution in [0.1, 0.15) is 21.7 Å². The first-order valence-corrected chi connectivity index (χ1v) is 8.36. The lowest BCUT2D eigenvalue weighted by Gasteiger charge is -2.27. The lowest BCUT2D eigenvalue weighted by molar-refractivity contribution is 0.0950. The Kier molecular flexibility index (Phi) is 5.62. The molecule has 1 aliphatic rings. The summed E-state index contributed by atoms with van der Waals surface area (Å²) in [4.78, 5) is 23.3. The van der Waals surface area contributed by atoms with Crippen molar-refractivity contribution >= 4 is 11.9 Å². The lowest BCUT2D eigenvalue weighted by Crippen LogP contribution is -2.37. The van der Waals surface area contributed by atoms with Gasteiger partial charge in [-0.3, -0.25) is 4.79 Å². The van der Waals surface area contributed by atoms with Crippen molar-refractivity contribution in [2.75, 3.05) is 38.3 Å². The zero-order chi connectivity index (χ0) is 18.5. The van der Waals surface area contributed by atoms with Gasteiger partial charge in [-0.25, -0.2) is 14.4 Å². The maximum atomic E-state index is 13.7. The van der Waals surface area contributed by atoms with Crippen LogP contribution in [-0.4, -0.2) is 49.3 Å². The molecule has 0 radical (unpaired) electrons. The van der Waals surface area contributed by atoms with Crippen molar-refractivity contribution in [3.8, 4) is 5.75 Å². The fourth-order valence-corrected chi connectivity index (χ4v) is 2.69. The van der Waals surface area contributed by atoms with Crippen LogP contribution in [-0.2, 0) is 11.3 Å². The van der Waals surface area contributed by atoms with E-state index in [-0.39, 0.29) is 23.8 Å². The highest BCUT2D eigenvalue weighted by molar-refractivity contribution is 5.94. The molecule has 0 atom stereocenters. The van der Waals surface area contributed by atoms with Crippen molar-refractivity contribution in [1.29, 1.82) is 0 Å². The van der Waals surface area contributed by atoms with E-state index < -0.39 is 5.82 Å². The number of nitrogens with one attached hydrogen (secondary N) is 1. The van der Waals surface area contributed by atoms with Crippen molar-refractivity contribution < 1.29 is 18.7 Å². The van der Waals surface area contributed by atoms with E-state index in [1.54, 1.807) is 0 Å². The monoisotopic (exact) mass is 360 g/mol. The molecule has 1 aromatic carbocycles. The van der Waals surface area contributed by atoms with Gasteiger partial charge in [0.1, 0.15) is 0 Å². The molecule has 1 N–H and O–H groups in total. The van der Waals surface area contributed by atoms with E-state index in [1.165, 1.54) is 19.2 Å². The van der Waals surface area contributed by atoms with Gasteiger partial charge >= 0.3 is 0 Å². The first kappa shape index (κ1) is 18.1. The third kappa shape index (κ3) is 4.26. The number of aromatic nitrogens is 2. The van der Waals surface area contributed by atoms with Crippen molar-refractivity contribution in [3.63, 3.8) is 0 Å². The molecule has 3 rings (SSSR count). The number of amides is 1. The maximum absolute atomic E-state index is 13.7. The molecular weight excluding hydrogens is 339 g/mol. The van der Waals surface area contributed by atoms with Gasteiger partial charge in [-0.05, 0) is 31.2 Å². The van der Waals surface area contributed by atoms with Crippen molar-refractivity contribution in [2.24, 2.45) is 0 Å². The van der Waals surface area contributed by atoms with Gasteiger partial charge in [0.15, 0.2) is 11.6 Å². The van der Waals surface area contributed by atoms with Gasteiger partial charge < -0.3 is 19.7 Å². The zero-order valence-electron chi connectivity index (χ0n) is 14.8. The normalized spacial score (nSPS) is 14.2. The van der Waals surface area contributed by atoms with E-state index >= 15 is 0 Å². The second-order valence-corrected chi connectivity index (χ2v) is 5.93. The standard InChI is InChI=1S/C18H21FN4O3/c1-12-9-14(22-18(21-12)23-5-7-26-8-6-23)11-20-17(24)13-3-4-16(25-2)15(19)10-13/h3-4,9-10H,5-8,11H2,1-2H3,(H,20,24). The first-order chi connectivity index (χ1) is 12.6. The number of aryl methyl sites for hydroxylation is 1. The highest BCUT2D eigenvalue weighted by Gasteiger charge is 2.16. The zero-order valence-corrected chi connectivity index (χ0v) is 14.8. The van der Waals surface area contributed by atoms with Gasteiger partial charge in [0, 0.05) is 24.3 Å². The van der Waals surface area contributed by atoms with Crippen molar-refractivity contribution in [3.05, 3.63) is 47.0 Å². The molecule has 0 unspecified atom stereocenters. The summed E-state index contributed by atoms with van der Waals surface area (Å²) in [7, 11) is 1.38. The summed E-state index contributed by atoms with van der Waals surface area (Å²) in [6.07, 6.45) is 0. The Morgan fingerprint density at radius 3 is 2.77 bits per heavy atom. The molecule has 1 fully saturated rings. The van der Waals surface area contributed by atoms with E-state index in [9.17, 15) is 9.18 Å². The molecule has 2 aromatic rings. The van der Waals surface area contributed by atoms with Gasteiger partial charge in [-0.2, -0.15) is 0 Å². The summed E-state index contributed by atoms with van der Waals surface area (Å²) < 4.78 is 23.9. The molecule has 0 saturated carbocycles. The molecule has 138 valence electrons. The van der Waals surface area contributed by atoms with Crippen LogP contribution in [0, 0.1) is 12.7 Å². The van der Waals surface area contributed by atoms with E-state index in [4.69, 9.17) is 9.47 Å². The molecule has 26 heavy (non-hydrogen) atoms. The smallest absolute Gasteiger partial charge is 0.251 e. The van der Waals surface area contributed by atoms with Crippen LogP contribution in [0.15, 0.2) is 24.3 Å². The minimum atomic E-state index is -0.576. The van der Waals surface area contributed by atoms with Crippen LogP contribution in [0.5, 0.6) is 5.75 Å². The number of anilines is 1. The summed E-state index contributed by atoms with van der Waals surface area (Å²) in [6, 6.07) is 5.91. The van der Waals surface area contributed by atoms with Crippen LogP contribution in [0.3, 0.4) is 0 Å². The average Bonchev–Trinajstić information content (AvgIpc) is 2.66. The summed E-state index contributed by atoms with van der Waals surface area (Å²) in [5.74, 6) is -0.223. The van der Waals surface area contributed by atoms with Gasteiger partial charge in [0.25, 0.3) is 5.91 Å². The SMILES string of the molecule is COc1ccc(C(=O)NCc2cc(C)nc(N3CCOCC3)n2)cc1F. The summed E-state index contributed by atoms with van der Waals surface area (Å²) in [5, 5.41) is 2.76. The molecule has 8 heteroatoms. The van der Waals surface area contributed by atoms with E-state index in [2.05, 4.69) is 20.2 Å². The predicted molar refractivity (Wildman–Crippen MR) is 93.9 cm³/mol.